The third-order valence-corrected chi connectivity index (χ3v) is 2.51. The molecule has 0 fully saturated rings. The fourth-order valence-corrected chi connectivity index (χ4v) is 1.45. The molecule has 0 heterocycles. The normalized spacial score (nSPS) is 12.5. The van der Waals surface area contributed by atoms with Gasteiger partial charge in [-0.15, -0.1) is 0 Å². The Morgan fingerprint density at radius 2 is 1.93 bits per heavy atom. The zero-order valence-electron chi connectivity index (χ0n) is 10.4. The van der Waals surface area contributed by atoms with Gasteiger partial charge in [-0.25, -0.2) is 0 Å². The minimum Gasteiger partial charge on any atom is -0.352 e. The van der Waals surface area contributed by atoms with Gasteiger partial charge in [0.25, 0.3) is 0 Å². The van der Waals surface area contributed by atoms with E-state index in [1.807, 2.05) is 0 Å². The van der Waals surface area contributed by atoms with E-state index in [1.165, 1.54) is 6.42 Å². The zero-order valence-corrected chi connectivity index (χ0v) is 10.4. The second-order valence-electron chi connectivity index (χ2n) is 3.94. The fourth-order valence-electron chi connectivity index (χ4n) is 1.45. The van der Waals surface area contributed by atoms with Gasteiger partial charge < -0.3 is 10.6 Å². The standard InChI is InChI=1S/C12H26N2O/c1-4-7-8-9-12(15)14-11(5-2)10-13-6-3/h11,13H,4-10H2,1-3H3,(H,14,15). The Morgan fingerprint density at radius 3 is 2.47 bits per heavy atom. The number of carbonyl (C=O) groups excluding carboxylic acids is 1. The number of unbranched alkanes of at least 4 members (excludes halogenated alkanes) is 2. The molecule has 0 saturated carbocycles. The Morgan fingerprint density at radius 1 is 1.20 bits per heavy atom. The van der Waals surface area contributed by atoms with E-state index in [2.05, 4.69) is 31.4 Å². The zero-order chi connectivity index (χ0) is 11.5. The minimum atomic E-state index is 0.202. The summed E-state index contributed by atoms with van der Waals surface area (Å²) >= 11 is 0. The third kappa shape index (κ3) is 8.43. The van der Waals surface area contributed by atoms with Crippen molar-refractivity contribution < 1.29 is 4.79 Å². The van der Waals surface area contributed by atoms with E-state index in [9.17, 15) is 4.79 Å². The highest BCUT2D eigenvalue weighted by Gasteiger charge is 2.08. The van der Waals surface area contributed by atoms with E-state index in [-0.39, 0.29) is 5.91 Å². The number of amides is 1. The van der Waals surface area contributed by atoms with E-state index in [0.29, 0.717) is 12.5 Å². The smallest absolute Gasteiger partial charge is 0.220 e. The van der Waals surface area contributed by atoms with Crippen molar-refractivity contribution in [2.24, 2.45) is 0 Å². The molecule has 1 amide bonds. The van der Waals surface area contributed by atoms with Crippen LogP contribution in [0.3, 0.4) is 0 Å². The second kappa shape index (κ2) is 9.97. The average molecular weight is 214 g/mol. The molecule has 0 spiro atoms. The Labute approximate surface area is 94.0 Å². The van der Waals surface area contributed by atoms with Gasteiger partial charge >= 0.3 is 0 Å². The molecule has 0 rings (SSSR count). The van der Waals surface area contributed by atoms with Gasteiger partial charge in [0, 0.05) is 19.0 Å². The number of carbonyl (C=O) groups is 1. The molecule has 0 aromatic rings. The summed E-state index contributed by atoms with van der Waals surface area (Å²) in [6.07, 6.45) is 5.00. The fraction of sp³-hybridized carbons (Fsp3) is 0.917. The summed E-state index contributed by atoms with van der Waals surface area (Å²) in [6.45, 7) is 8.18. The van der Waals surface area contributed by atoms with Gasteiger partial charge in [0.2, 0.25) is 5.91 Å². The first kappa shape index (κ1) is 14.4. The molecule has 15 heavy (non-hydrogen) atoms. The number of rotatable bonds is 9. The molecular weight excluding hydrogens is 188 g/mol. The molecule has 3 nitrogen and oxygen atoms in total. The van der Waals surface area contributed by atoms with Crippen molar-refractivity contribution in [2.45, 2.75) is 58.9 Å². The monoisotopic (exact) mass is 214 g/mol. The molecule has 0 bridgehead atoms. The van der Waals surface area contributed by atoms with E-state index in [4.69, 9.17) is 0 Å². The maximum atomic E-state index is 11.5. The Hall–Kier alpha value is -0.570. The SMILES string of the molecule is CCCCCC(=O)NC(CC)CNCC. The van der Waals surface area contributed by atoms with E-state index in [0.717, 1.165) is 32.4 Å². The number of nitrogens with one attached hydrogen (secondary N) is 2. The summed E-state index contributed by atoms with van der Waals surface area (Å²) in [5.41, 5.74) is 0. The third-order valence-electron chi connectivity index (χ3n) is 2.51. The van der Waals surface area contributed by atoms with Crippen molar-refractivity contribution >= 4 is 5.91 Å². The Bertz CT molecular complexity index is 160. The lowest BCUT2D eigenvalue weighted by molar-refractivity contribution is -0.121. The highest BCUT2D eigenvalue weighted by Crippen LogP contribution is 1.99. The van der Waals surface area contributed by atoms with Gasteiger partial charge in [-0.05, 0) is 19.4 Å². The summed E-state index contributed by atoms with van der Waals surface area (Å²) in [6, 6.07) is 0.291. The van der Waals surface area contributed by atoms with Crippen molar-refractivity contribution in [3.8, 4) is 0 Å². The predicted octanol–water partition coefficient (Wildman–Crippen LogP) is 2.07. The molecule has 90 valence electrons. The van der Waals surface area contributed by atoms with Gasteiger partial charge in [-0.1, -0.05) is 33.6 Å². The number of likely N-dealkylation sites (N-methyl/N-ethyl adjacent to an activating group) is 1. The largest absolute Gasteiger partial charge is 0.352 e. The summed E-state index contributed by atoms with van der Waals surface area (Å²) in [5.74, 6) is 0.202. The van der Waals surface area contributed by atoms with Crippen molar-refractivity contribution in [2.75, 3.05) is 13.1 Å². The number of hydrogen-bond acceptors (Lipinski definition) is 2. The highest BCUT2D eigenvalue weighted by atomic mass is 16.1. The summed E-state index contributed by atoms with van der Waals surface area (Å²) in [5, 5.41) is 6.32. The lowest BCUT2D eigenvalue weighted by atomic mass is 10.1. The van der Waals surface area contributed by atoms with Crippen LogP contribution in [0.1, 0.15) is 52.9 Å². The van der Waals surface area contributed by atoms with Crippen LogP contribution in [-0.4, -0.2) is 25.0 Å². The molecule has 0 aromatic carbocycles. The molecule has 0 aliphatic carbocycles. The van der Waals surface area contributed by atoms with Crippen molar-refractivity contribution in [1.82, 2.24) is 10.6 Å². The first-order chi connectivity index (χ1) is 7.24. The minimum absolute atomic E-state index is 0.202. The topological polar surface area (TPSA) is 41.1 Å². The second-order valence-corrected chi connectivity index (χ2v) is 3.94. The quantitative estimate of drug-likeness (QED) is 0.577. The van der Waals surface area contributed by atoms with Crippen molar-refractivity contribution in [3.63, 3.8) is 0 Å². The van der Waals surface area contributed by atoms with Crippen LogP contribution in [0.25, 0.3) is 0 Å². The molecular formula is C12H26N2O. The highest BCUT2D eigenvalue weighted by molar-refractivity contribution is 5.76. The van der Waals surface area contributed by atoms with Crippen LogP contribution in [0.2, 0.25) is 0 Å². The predicted molar refractivity (Wildman–Crippen MR) is 64.9 cm³/mol. The molecule has 1 atom stereocenters. The summed E-state index contributed by atoms with van der Waals surface area (Å²) in [4.78, 5) is 11.5. The average Bonchev–Trinajstić information content (AvgIpc) is 2.24. The van der Waals surface area contributed by atoms with Crippen LogP contribution >= 0.6 is 0 Å². The lowest BCUT2D eigenvalue weighted by Crippen LogP contribution is -2.41. The van der Waals surface area contributed by atoms with Crippen molar-refractivity contribution in [3.05, 3.63) is 0 Å². The van der Waals surface area contributed by atoms with Gasteiger partial charge in [0.15, 0.2) is 0 Å². The van der Waals surface area contributed by atoms with E-state index < -0.39 is 0 Å². The molecule has 0 radical (unpaired) electrons. The van der Waals surface area contributed by atoms with Crippen LogP contribution < -0.4 is 10.6 Å². The maximum Gasteiger partial charge on any atom is 0.220 e. The van der Waals surface area contributed by atoms with Crippen LogP contribution in [0, 0.1) is 0 Å². The van der Waals surface area contributed by atoms with Gasteiger partial charge in [-0.3, -0.25) is 4.79 Å². The van der Waals surface area contributed by atoms with Crippen LogP contribution in [0.15, 0.2) is 0 Å². The van der Waals surface area contributed by atoms with Gasteiger partial charge in [0.05, 0.1) is 0 Å². The Balaban J connectivity index is 3.60. The molecule has 3 heteroatoms. The van der Waals surface area contributed by atoms with E-state index in [1.54, 1.807) is 0 Å². The first-order valence-electron chi connectivity index (χ1n) is 6.24. The molecule has 0 aliphatic heterocycles. The van der Waals surface area contributed by atoms with Crippen LogP contribution in [0.4, 0.5) is 0 Å². The maximum absolute atomic E-state index is 11.5. The van der Waals surface area contributed by atoms with Crippen LogP contribution in [-0.2, 0) is 4.79 Å². The van der Waals surface area contributed by atoms with E-state index >= 15 is 0 Å². The molecule has 0 aliphatic rings. The van der Waals surface area contributed by atoms with Gasteiger partial charge in [0.1, 0.15) is 0 Å². The van der Waals surface area contributed by atoms with Gasteiger partial charge in [-0.2, -0.15) is 0 Å². The Kier molecular flexibility index (Phi) is 9.59. The molecule has 2 N–H and O–H groups in total. The van der Waals surface area contributed by atoms with Crippen LogP contribution in [0.5, 0.6) is 0 Å². The van der Waals surface area contributed by atoms with Crippen molar-refractivity contribution in [1.29, 1.82) is 0 Å². The summed E-state index contributed by atoms with van der Waals surface area (Å²) < 4.78 is 0. The first-order valence-corrected chi connectivity index (χ1v) is 6.24. The summed E-state index contributed by atoms with van der Waals surface area (Å²) in [7, 11) is 0. The molecule has 0 aromatic heterocycles. The number of hydrogen-bond donors (Lipinski definition) is 2. The molecule has 0 saturated heterocycles. The lowest BCUT2D eigenvalue weighted by Gasteiger charge is -2.17. The molecule has 1 unspecified atom stereocenters.